The summed E-state index contributed by atoms with van der Waals surface area (Å²) in [5, 5.41) is 5.45. The maximum atomic E-state index is 12.5. The zero-order valence-corrected chi connectivity index (χ0v) is 15.2. The Morgan fingerprint density at radius 2 is 1.96 bits per heavy atom. The van der Waals surface area contributed by atoms with Crippen molar-refractivity contribution in [3.63, 3.8) is 0 Å². The molecule has 0 unspecified atom stereocenters. The first-order chi connectivity index (χ1) is 12.8. The van der Waals surface area contributed by atoms with Gasteiger partial charge in [0.2, 0.25) is 0 Å². The van der Waals surface area contributed by atoms with Gasteiger partial charge in [-0.05, 0) is 18.2 Å². The van der Waals surface area contributed by atoms with Gasteiger partial charge in [0.15, 0.2) is 16.6 Å². The van der Waals surface area contributed by atoms with Crippen LogP contribution in [0.5, 0.6) is 11.5 Å². The third-order valence-corrected chi connectivity index (χ3v) is 5.08. The molecule has 0 spiro atoms. The van der Waals surface area contributed by atoms with Gasteiger partial charge < -0.3 is 14.2 Å². The highest BCUT2D eigenvalue weighted by atomic mass is 32.1. The maximum Gasteiger partial charge on any atom is 0.257 e. The van der Waals surface area contributed by atoms with E-state index < -0.39 is 0 Å². The number of amides is 1. The fourth-order valence-electron chi connectivity index (χ4n) is 2.90. The second kappa shape index (κ2) is 8.03. The number of morpholine rings is 1. The summed E-state index contributed by atoms with van der Waals surface area (Å²) in [4.78, 5) is 19.3. The van der Waals surface area contributed by atoms with Crippen LogP contribution in [0.2, 0.25) is 0 Å². The molecule has 1 saturated heterocycles. The maximum absolute atomic E-state index is 12.5. The molecule has 1 aromatic carbocycles. The first-order valence-corrected chi connectivity index (χ1v) is 9.61. The van der Waals surface area contributed by atoms with E-state index >= 15 is 0 Å². The lowest BCUT2D eigenvalue weighted by Crippen LogP contribution is -2.35. The average molecular weight is 375 g/mol. The summed E-state index contributed by atoms with van der Waals surface area (Å²) in [6.07, 6.45) is 0.835. The fraction of sp³-hybridized carbons (Fsp3) is 0.444. The number of nitrogens with zero attached hydrogens (tertiary/aromatic N) is 2. The van der Waals surface area contributed by atoms with Gasteiger partial charge >= 0.3 is 0 Å². The number of anilines is 1. The number of hydrogen-bond donors (Lipinski definition) is 1. The van der Waals surface area contributed by atoms with Crippen LogP contribution in [0, 0.1) is 0 Å². The predicted molar refractivity (Wildman–Crippen MR) is 98.2 cm³/mol. The van der Waals surface area contributed by atoms with Crippen LogP contribution in [0.15, 0.2) is 23.6 Å². The van der Waals surface area contributed by atoms with Gasteiger partial charge in [-0.1, -0.05) is 0 Å². The van der Waals surface area contributed by atoms with Gasteiger partial charge in [0.1, 0.15) is 0 Å². The zero-order valence-electron chi connectivity index (χ0n) is 14.4. The largest absolute Gasteiger partial charge is 0.490 e. The lowest BCUT2D eigenvalue weighted by Gasteiger charge is -2.25. The van der Waals surface area contributed by atoms with Gasteiger partial charge in [-0.3, -0.25) is 15.0 Å². The third kappa shape index (κ3) is 4.14. The Labute approximate surface area is 155 Å². The summed E-state index contributed by atoms with van der Waals surface area (Å²) in [5.74, 6) is 1.09. The minimum atomic E-state index is -0.201. The highest BCUT2D eigenvalue weighted by molar-refractivity contribution is 7.13. The van der Waals surface area contributed by atoms with Crippen LogP contribution in [0.4, 0.5) is 5.13 Å². The van der Waals surface area contributed by atoms with Gasteiger partial charge in [-0.15, -0.1) is 11.3 Å². The highest BCUT2D eigenvalue weighted by Gasteiger charge is 2.16. The summed E-state index contributed by atoms with van der Waals surface area (Å²) in [7, 11) is 0. The normalized spacial score (nSPS) is 17.5. The molecule has 2 aliphatic heterocycles. The van der Waals surface area contributed by atoms with Crippen molar-refractivity contribution in [3.8, 4) is 11.5 Å². The Balaban J connectivity index is 1.39. The second-order valence-corrected chi connectivity index (χ2v) is 7.06. The molecule has 8 heteroatoms. The van der Waals surface area contributed by atoms with E-state index in [1.165, 1.54) is 11.3 Å². The van der Waals surface area contributed by atoms with E-state index in [0.717, 1.165) is 45.0 Å². The summed E-state index contributed by atoms with van der Waals surface area (Å²) in [6.45, 7) is 5.35. The first-order valence-electron chi connectivity index (χ1n) is 8.73. The zero-order chi connectivity index (χ0) is 17.8. The van der Waals surface area contributed by atoms with Crippen molar-refractivity contribution in [2.75, 3.05) is 44.8 Å². The number of aromatic nitrogens is 1. The van der Waals surface area contributed by atoms with Crippen molar-refractivity contribution in [3.05, 3.63) is 34.8 Å². The number of carbonyl (C=O) groups is 1. The Morgan fingerprint density at radius 1 is 1.15 bits per heavy atom. The van der Waals surface area contributed by atoms with Crippen LogP contribution in [-0.2, 0) is 11.3 Å². The number of nitrogens with one attached hydrogen (secondary N) is 1. The van der Waals surface area contributed by atoms with E-state index in [9.17, 15) is 4.79 Å². The highest BCUT2D eigenvalue weighted by Crippen LogP contribution is 2.30. The van der Waals surface area contributed by atoms with Crippen LogP contribution in [0.3, 0.4) is 0 Å². The van der Waals surface area contributed by atoms with Crippen molar-refractivity contribution in [2.45, 2.75) is 13.0 Å². The number of rotatable bonds is 4. The Morgan fingerprint density at radius 3 is 2.81 bits per heavy atom. The van der Waals surface area contributed by atoms with Crippen LogP contribution < -0.4 is 14.8 Å². The van der Waals surface area contributed by atoms with Crippen LogP contribution in [-0.4, -0.2) is 55.3 Å². The second-order valence-electron chi connectivity index (χ2n) is 6.20. The smallest absolute Gasteiger partial charge is 0.257 e. The standard InChI is InChI=1S/C18H21N3O4S/c22-17(13-2-3-15-16(10-13)25-7-1-6-24-15)20-18-19-14(12-26-18)11-21-4-8-23-9-5-21/h2-3,10,12H,1,4-9,11H2,(H,19,20,22). The molecule has 2 aromatic rings. The minimum absolute atomic E-state index is 0.201. The molecular weight excluding hydrogens is 354 g/mol. The molecular formula is C18H21N3O4S. The van der Waals surface area contributed by atoms with Crippen LogP contribution in [0.1, 0.15) is 22.5 Å². The van der Waals surface area contributed by atoms with Crippen molar-refractivity contribution in [1.82, 2.24) is 9.88 Å². The van der Waals surface area contributed by atoms with E-state index in [1.807, 2.05) is 5.38 Å². The van der Waals surface area contributed by atoms with Gasteiger partial charge in [0, 0.05) is 37.0 Å². The average Bonchev–Trinajstić information content (AvgIpc) is 2.96. The monoisotopic (exact) mass is 375 g/mol. The number of hydrogen-bond acceptors (Lipinski definition) is 7. The molecule has 0 bridgehead atoms. The number of benzene rings is 1. The molecule has 4 rings (SSSR count). The molecule has 0 saturated carbocycles. The number of carbonyl (C=O) groups excluding carboxylic acids is 1. The van der Waals surface area contributed by atoms with Gasteiger partial charge in [0.25, 0.3) is 5.91 Å². The molecule has 3 heterocycles. The molecule has 26 heavy (non-hydrogen) atoms. The third-order valence-electron chi connectivity index (χ3n) is 4.27. The first kappa shape index (κ1) is 17.3. The summed E-state index contributed by atoms with van der Waals surface area (Å²) in [5.41, 5.74) is 1.49. The molecule has 138 valence electrons. The molecule has 1 fully saturated rings. The summed E-state index contributed by atoms with van der Waals surface area (Å²) >= 11 is 1.44. The van der Waals surface area contributed by atoms with Crippen molar-refractivity contribution < 1.29 is 19.0 Å². The SMILES string of the molecule is O=C(Nc1nc(CN2CCOCC2)cs1)c1ccc2c(c1)OCCCO2. The van der Waals surface area contributed by atoms with Gasteiger partial charge in [-0.2, -0.15) is 0 Å². The minimum Gasteiger partial charge on any atom is -0.490 e. The van der Waals surface area contributed by atoms with E-state index in [-0.39, 0.29) is 5.91 Å². The lowest BCUT2D eigenvalue weighted by atomic mass is 10.2. The number of thiazole rings is 1. The molecule has 0 radical (unpaired) electrons. The predicted octanol–water partition coefficient (Wildman–Crippen LogP) is 2.39. The van der Waals surface area contributed by atoms with E-state index in [0.29, 0.717) is 35.4 Å². The molecule has 1 aromatic heterocycles. The molecule has 0 atom stereocenters. The molecule has 0 aliphatic carbocycles. The Kier molecular flexibility index (Phi) is 5.33. The molecule has 1 amide bonds. The van der Waals surface area contributed by atoms with E-state index in [2.05, 4.69) is 15.2 Å². The Hall–Kier alpha value is -2.16. The van der Waals surface area contributed by atoms with Crippen molar-refractivity contribution in [1.29, 1.82) is 0 Å². The quantitative estimate of drug-likeness (QED) is 0.885. The number of ether oxygens (including phenoxy) is 3. The van der Waals surface area contributed by atoms with Gasteiger partial charge in [-0.25, -0.2) is 4.98 Å². The van der Waals surface area contributed by atoms with Crippen molar-refractivity contribution >= 4 is 22.4 Å². The lowest BCUT2D eigenvalue weighted by molar-refractivity contribution is 0.0337. The van der Waals surface area contributed by atoms with E-state index in [4.69, 9.17) is 14.2 Å². The molecule has 2 aliphatic rings. The Bertz CT molecular complexity index is 774. The number of fused-ring (bicyclic) bond motifs is 1. The molecule has 1 N–H and O–H groups in total. The van der Waals surface area contributed by atoms with Crippen LogP contribution in [0.25, 0.3) is 0 Å². The van der Waals surface area contributed by atoms with Crippen LogP contribution >= 0.6 is 11.3 Å². The van der Waals surface area contributed by atoms with Gasteiger partial charge in [0.05, 0.1) is 32.1 Å². The topological polar surface area (TPSA) is 72.9 Å². The summed E-state index contributed by atoms with van der Waals surface area (Å²) in [6, 6.07) is 5.24. The fourth-order valence-corrected chi connectivity index (χ4v) is 3.60. The van der Waals surface area contributed by atoms with E-state index in [1.54, 1.807) is 18.2 Å². The van der Waals surface area contributed by atoms with Crippen molar-refractivity contribution in [2.24, 2.45) is 0 Å². The molecule has 7 nitrogen and oxygen atoms in total. The summed E-state index contributed by atoms with van der Waals surface area (Å²) < 4.78 is 16.6.